The first-order valence-corrected chi connectivity index (χ1v) is 5.41. The van der Waals surface area contributed by atoms with Crippen molar-refractivity contribution >= 4 is 23.4 Å². The number of nitrogens with zero attached hydrogens (tertiary/aromatic N) is 2. The van der Waals surface area contributed by atoms with Crippen molar-refractivity contribution in [1.29, 1.82) is 0 Å². The maximum Gasteiger partial charge on any atom is 0.323 e. The number of carbonyl (C=O) groups is 2. The van der Waals surface area contributed by atoms with Crippen LogP contribution in [-0.2, 0) is 4.79 Å². The van der Waals surface area contributed by atoms with E-state index in [1.807, 2.05) is 37.2 Å². The van der Waals surface area contributed by atoms with E-state index in [0.717, 1.165) is 10.6 Å². The molecule has 0 saturated heterocycles. The summed E-state index contributed by atoms with van der Waals surface area (Å²) >= 11 is 0. The number of urea groups is 1. The fraction of sp³-hybridized carbons (Fsp3) is 0.333. The summed E-state index contributed by atoms with van der Waals surface area (Å²) in [7, 11) is 5.23. The van der Waals surface area contributed by atoms with Crippen molar-refractivity contribution in [2.24, 2.45) is 0 Å². The molecule has 0 atom stereocenters. The van der Waals surface area contributed by atoms with Crippen LogP contribution in [0.2, 0.25) is 0 Å². The molecule has 0 spiro atoms. The van der Waals surface area contributed by atoms with Gasteiger partial charge in [-0.3, -0.25) is 4.79 Å². The maximum absolute atomic E-state index is 11.7. The van der Waals surface area contributed by atoms with Crippen LogP contribution in [0, 0.1) is 0 Å². The lowest BCUT2D eigenvalue weighted by atomic mass is 10.2. The second-order valence-electron chi connectivity index (χ2n) is 4.12. The molecule has 0 heterocycles. The molecule has 0 bridgehead atoms. The molecule has 0 fully saturated rings. The number of rotatable bonds is 4. The van der Waals surface area contributed by atoms with E-state index in [0.29, 0.717) is 5.69 Å². The zero-order valence-corrected chi connectivity index (χ0v) is 10.7. The van der Waals surface area contributed by atoms with Gasteiger partial charge in [-0.25, -0.2) is 4.79 Å². The van der Waals surface area contributed by atoms with E-state index in [9.17, 15) is 9.59 Å². The number of aliphatic carboxylic acids is 1. The summed E-state index contributed by atoms with van der Waals surface area (Å²) in [5.74, 6) is -1.05. The molecule has 0 aliphatic heterocycles. The third-order valence-electron chi connectivity index (χ3n) is 2.33. The van der Waals surface area contributed by atoms with Crippen LogP contribution in [0.1, 0.15) is 0 Å². The van der Waals surface area contributed by atoms with Crippen molar-refractivity contribution in [3.63, 3.8) is 0 Å². The topological polar surface area (TPSA) is 72.9 Å². The Morgan fingerprint density at radius 1 is 1.28 bits per heavy atom. The Hall–Kier alpha value is -2.24. The third-order valence-corrected chi connectivity index (χ3v) is 2.33. The third kappa shape index (κ3) is 3.97. The fourth-order valence-electron chi connectivity index (χ4n) is 1.36. The molecule has 0 aromatic heterocycles. The summed E-state index contributed by atoms with van der Waals surface area (Å²) in [5.41, 5.74) is 1.58. The Bertz CT molecular complexity index is 446. The van der Waals surface area contributed by atoms with Crippen LogP contribution < -0.4 is 10.2 Å². The van der Waals surface area contributed by atoms with Gasteiger partial charge in [0.15, 0.2) is 0 Å². The molecular weight excluding hydrogens is 234 g/mol. The molecule has 0 aliphatic rings. The van der Waals surface area contributed by atoms with Crippen LogP contribution in [-0.4, -0.2) is 49.7 Å². The normalized spacial score (nSPS) is 9.72. The molecule has 2 amide bonds. The first-order valence-electron chi connectivity index (χ1n) is 5.41. The number of benzene rings is 1. The van der Waals surface area contributed by atoms with Gasteiger partial charge in [-0.2, -0.15) is 0 Å². The molecule has 0 aliphatic carbocycles. The van der Waals surface area contributed by atoms with E-state index in [4.69, 9.17) is 5.11 Å². The second kappa shape index (κ2) is 5.90. The lowest BCUT2D eigenvalue weighted by Gasteiger charge is -2.17. The SMILES string of the molecule is CN(CC(=O)O)C(=O)Nc1cccc(N(C)C)c1. The van der Waals surface area contributed by atoms with Gasteiger partial charge in [0.1, 0.15) is 6.54 Å². The Labute approximate surface area is 106 Å². The predicted molar refractivity (Wildman–Crippen MR) is 70.1 cm³/mol. The van der Waals surface area contributed by atoms with Crippen molar-refractivity contribution in [3.05, 3.63) is 24.3 Å². The Morgan fingerprint density at radius 3 is 2.50 bits per heavy atom. The van der Waals surface area contributed by atoms with Crippen molar-refractivity contribution in [2.45, 2.75) is 0 Å². The summed E-state index contributed by atoms with van der Waals surface area (Å²) in [6.07, 6.45) is 0. The molecule has 2 N–H and O–H groups in total. The van der Waals surface area contributed by atoms with Gasteiger partial charge in [0, 0.05) is 32.5 Å². The number of carboxylic acids is 1. The maximum atomic E-state index is 11.7. The number of hydrogen-bond donors (Lipinski definition) is 2. The lowest BCUT2D eigenvalue weighted by molar-refractivity contribution is -0.137. The minimum Gasteiger partial charge on any atom is -0.480 e. The Morgan fingerprint density at radius 2 is 1.94 bits per heavy atom. The van der Waals surface area contributed by atoms with Crippen LogP contribution >= 0.6 is 0 Å². The number of anilines is 2. The van der Waals surface area contributed by atoms with E-state index < -0.39 is 12.0 Å². The zero-order valence-electron chi connectivity index (χ0n) is 10.7. The largest absolute Gasteiger partial charge is 0.480 e. The Balaban J connectivity index is 2.69. The van der Waals surface area contributed by atoms with Gasteiger partial charge in [-0.1, -0.05) is 6.07 Å². The molecule has 1 aromatic rings. The van der Waals surface area contributed by atoms with E-state index in [2.05, 4.69) is 5.32 Å². The van der Waals surface area contributed by atoms with Crippen LogP contribution in [0.15, 0.2) is 24.3 Å². The summed E-state index contributed by atoms with van der Waals surface area (Å²) in [4.78, 5) is 25.2. The van der Waals surface area contributed by atoms with Crippen molar-refractivity contribution in [1.82, 2.24) is 4.90 Å². The standard InChI is InChI=1S/C12H17N3O3/c1-14(2)10-6-4-5-9(7-10)13-12(18)15(3)8-11(16)17/h4-7H,8H2,1-3H3,(H,13,18)(H,16,17). The number of hydrogen-bond acceptors (Lipinski definition) is 3. The number of amides is 2. The van der Waals surface area contributed by atoms with Crippen molar-refractivity contribution < 1.29 is 14.7 Å². The highest BCUT2D eigenvalue weighted by molar-refractivity contribution is 5.91. The molecule has 0 radical (unpaired) electrons. The minimum absolute atomic E-state index is 0.334. The average molecular weight is 251 g/mol. The van der Waals surface area contributed by atoms with E-state index in [-0.39, 0.29) is 6.54 Å². The molecule has 18 heavy (non-hydrogen) atoms. The van der Waals surface area contributed by atoms with Crippen LogP contribution in [0.4, 0.5) is 16.2 Å². The smallest absolute Gasteiger partial charge is 0.323 e. The first-order chi connectivity index (χ1) is 8.40. The number of likely N-dealkylation sites (N-methyl/N-ethyl adjacent to an activating group) is 1. The van der Waals surface area contributed by atoms with Crippen LogP contribution in [0.3, 0.4) is 0 Å². The van der Waals surface area contributed by atoms with Gasteiger partial charge in [0.05, 0.1) is 0 Å². The van der Waals surface area contributed by atoms with Gasteiger partial charge in [0.25, 0.3) is 0 Å². The van der Waals surface area contributed by atoms with E-state index in [1.54, 1.807) is 6.07 Å². The molecular formula is C12H17N3O3. The summed E-state index contributed by atoms with van der Waals surface area (Å²) in [6.45, 7) is -0.334. The second-order valence-corrected chi connectivity index (χ2v) is 4.12. The molecule has 0 saturated carbocycles. The molecule has 0 unspecified atom stereocenters. The van der Waals surface area contributed by atoms with Crippen LogP contribution in [0.5, 0.6) is 0 Å². The molecule has 1 rings (SSSR count). The summed E-state index contributed by atoms with van der Waals surface area (Å²) in [6, 6.07) is 6.85. The fourth-order valence-corrected chi connectivity index (χ4v) is 1.36. The quantitative estimate of drug-likeness (QED) is 0.846. The van der Waals surface area contributed by atoms with Gasteiger partial charge in [0.2, 0.25) is 0 Å². The van der Waals surface area contributed by atoms with Crippen molar-refractivity contribution in [2.75, 3.05) is 37.9 Å². The zero-order chi connectivity index (χ0) is 13.7. The van der Waals surface area contributed by atoms with Crippen LogP contribution in [0.25, 0.3) is 0 Å². The Kier molecular flexibility index (Phi) is 4.53. The van der Waals surface area contributed by atoms with Gasteiger partial charge < -0.3 is 20.2 Å². The lowest BCUT2D eigenvalue weighted by Crippen LogP contribution is -2.35. The highest BCUT2D eigenvalue weighted by atomic mass is 16.4. The monoisotopic (exact) mass is 251 g/mol. The molecule has 98 valence electrons. The average Bonchev–Trinajstić information content (AvgIpc) is 2.28. The first kappa shape index (κ1) is 13.8. The van der Waals surface area contributed by atoms with Gasteiger partial charge in [-0.15, -0.1) is 0 Å². The predicted octanol–water partition coefficient (Wildman–Crippen LogP) is 1.30. The van der Waals surface area contributed by atoms with Gasteiger partial charge in [-0.05, 0) is 18.2 Å². The highest BCUT2D eigenvalue weighted by Crippen LogP contribution is 2.17. The molecule has 6 heteroatoms. The van der Waals surface area contributed by atoms with E-state index >= 15 is 0 Å². The van der Waals surface area contributed by atoms with Crippen molar-refractivity contribution in [3.8, 4) is 0 Å². The minimum atomic E-state index is -1.05. The number of carboxylic acid groups (broad SMARTS) is 1. The summed E-state index contributed by atoms with van der Waals surface area (Å²) < 4.78 is 0. The summed E-state index contributed by atoms with van der Waals surface area (Å²) in [5, 5.41) is 11.2. The molecule has 6 nitrogen and oxygen atoms in total. The highest BCUT2D eigenvalue weighted by Gasteiger charge is 2.12. The molecule has 1 aromatic carbocycles. The number of nitrogens with one attached hydrogen (secondary N) is 1. The number of carbonyl (C=O) groups excluding carboxylic acids is 1. The van der Waals surface area contributed by atoms with Gasteiger partial charge >= 0.3 is 12.0 Å². The van der Waals surface area contributed by atoms with E-state index in [1.165, 1.54) is 7.05 Å².